The van der Waals surface area contributed by atoms with E-state index in [-0.39, 0.29) is 24.5 Å². The van der Waals surface area contributed by atoms with Crippen molar-refractivity contribution in [2.24, 2.45) is 0 Å². The number of anilines is 1. The molecular formula is C17H21N3O4S. The van der Waals surface area contributed by atoms with Crippen LogP contribution < -0.4 is 4.90 Å². The predicted molar refractivity (Wildman–Crippen MR) is 94.7 cm³/mol. The summed E-state index contributed by atoms with van der Waals surface area (Å²) in [5.74, 6) is 0.196. The SMILES string of the molecule is CCOC(=O)N1CCN(C(=O)CN2C(=O)CSc3ccccc32)CC1. The highest BCUT2D eigenvalue weighted by molar-refractivity contribution is 8.00. The van der Waals surface area contributed by atoms with E-state index in [0.29, 0.717) is 38.5 Å². The van der Waals surface area contributed by atoms with Gasteiger partial charge in [-0.15, -0.1) is 11.8 Å². The number of benzene rings is 1. The van der Waals surface area contributed by atoms with Gasteiger partial charge in [-0.1, -0.05) is 12.1 Å². The van der Waals surface area contributed by atoms with Gasteiger partial charge in [0.1, 0.15) is 6.54 Å². The molecule has 3 amide bonds. The Morgan fingerprint density at radius 2 is 1.80 bits per heavy atom. The second-order valence-corrected chi connectivity index (χ2v) is 6.82. The van der Waals surface area contributed by atoms with Crippen molar-refractivity contribution in [1.29, 1.82) is 0 Å². The Hall–Kier alpha value is -2.22. The summed E-state index contributed by atoms with van der Waals surface area (Å²) in [5, 5.41) is 0. The van der Waals surface area contributed by atoms with Gasteiger partial charge < -0.3 is 19.4 Å². The van der Waals surface area contributed by atoms with Crippen LogP contribution in [0.1, 0.15) is 6.92 Å². The monoisotopic (exact) mass is 363 g/mol. The molecular weight excluding hydrogens is 342 g/mol. The Morgan fingerprint density at radius 3 is 2.52 bits per heavy atom. The minimum absolute atomic E-state index is 0.0375. The molecule has 2 heterocycles. The van der Waals surface area contributed by atoms with Crippen LogP contribution in [0.2, 0.25) is 0 Å². The van der Waals surface area contributed by atoms with E-state index in [1.165, 1.54) is 11.8 Å². The summed E-state index contributed by atoms with van der Waals surface area (Å²) in [4.78, 5) is 42.5. The molecule has 0 atom stereocenters. The number of hydrogen-bond donors (Lipinski definition) is 0. The van der Waals surface area contributed by atoms with Crippen molar-refractivity contribution in [2.75, 3.05) is 50.0 Å². The van der Waals surface area contributed by atoms with Crippen LogP contribution in [0.4, 0.5) is 10.5 Å². The molecule has 1 saturated heterocycles. The quantitative estimate of drug-likeness (QED) is 0.812. The normalized spacial score (nSPS) is 17.3. The number of nitrogens with zero attached hydrogens (tertiary/aromatic N) is 3. The lowest BCUT2D eigenvalue weighted by Crippen LogP contribution is -2.53. The van der Waals surface area contributed by atoms with Gasteiger partial charge in [0.15, 0.2) is 0 Å². The Morgan fingerprint density at radius 1 is 1.12 bits per heavy atom. The molecule has 2 aliphatic heterocycles. The van der Waals surface area contributed by atoms with Gasteiger partial charge in [0.25, 0.3) is 0 Å². The number of amides is 3. The number of rotatable bonds is 3. The lowest BCUT2D eigenvalue weighted by atomic mass is 10.2. The molecule has 1 fully saturated rings. The van der Waals surface area contributed by atoms with Crippen molar-refractivity contribution in [3.05, 3.63) is 24.3 Å². The molecule has 0 N–H and O–H groups in total. The molecule has 1 aromatic rings. The molecule has 0 radical (unpaired) electrons. The van der Waals surface area contributed by atoms with Crippen LogP contribution in [0.3, 0.4) is 0 Å². The van der Waals surface area contributed by atoms with Gasteiger partial charge in [0.05, 0.1) is 18.0 Å². The van der Waals surface area contributed by atoms with E-state index in [4.69, 9.17) is 4.74 Å². The van der Waals surface area contributed by atoms with Gasteiger partial charge >= 0.3 is 6.09 Å². The summed E-state index contributed by atoms with van der Waals surface area (Å²) in [5.41, 5.74) is 0.794. The fourth-order valence-corrected chi connectivity index (χ4v) is 3.85. The highest BCUT2D eigenvalue weighted by atomic mass is 32.2. The Balaban J connectivity index is 1.60. The number of piperazine rings is 1. The number of ether oxygens (including phenoxy) is 1. The molecule has 8 heteroatoms. The van der Waals surface area contributed by atoms with E-state index in [0.717, 1.165) is 10.6 Å². The van der Waals surface area contributed by atoms with E-state index in [1.54, 1.807) is 21.6 Å². The van der Waals surface area contributed by atoms with Gasteiger partial charge in [-0.25, -0.2) is 4.79 Å². The Labute approximate surface area is 150 Å². The topological polar surface area (TPSA) is 70.2 Å². The maximum absolute atomic E-state index is 12.6. The summed E-state index contributed by atoms with van der Waals surface area (Å²) < 4.78 is 4.98. The lowest BCUT2D eigenvalue weighted by Gasteiger charge is -2.36. The fourth-order valence-electron chi connectivity index (χ4n) is 2.92. The maximum Gasteiger partial charge on any atom is 0.409 e. The Kier molecular flexibility index (Phi) is 5.47. The van der Waals surface area contributed by atoms with Crippen LogP contribution in [-0.2, 0) is 14.3 Å². The van der Waals surface area contributed by atoms with Crippen molar-refractivity contribution in [3.63, 3.8) is 0 Å². The van der Waals surface area contributed by atoms with Crippen molar-refractivity contribution in [1.82, 2.24) is 9.80 Å². The van der Waals surface area contributed by atoms with Crippen LogP contribution >= 0.6 is 11.8 Å². The van der Waals surface area contributed by atoms with Gasteiger partial charge in [-0.3, -0.25) is 9.59 Å². The zero-order valence-corrected chi connectivity index (χ0v) is 15.0. The molecule has 0 unspecified atom stereocenters. The summed E-state index contributed by atoms with van der Waals surface area (Å²) in [7, 11) is 0. The molecule has 134 valence electrons. The number of thioether (sulfide) groups is 1. The fraction of sp³-hybridized carbons (Fsp3) is 0.471. The summed E-state index contributed by atoms with van der Waals surface area (Å²) in [6.07, 6.45) is -0.341. The van der Waals surface area contributed by atoms with Gasteiger partial charge in [0, 0.05) is 31.1 Å². The largest absolute Gasteiger partial charge is 0.450 e. The van der Waals surface area contributed by atoms with Crippen molar-refractivity contribution < 1.29 is 19.1 Å². The molecule has 0 spiro atoms. The molecule has 1 aromatic carbocycles. The van der Waals surface area contributed by atoms with Gasteiger partial charge in [-0.2, -0.15) is 0 Å². The molecule has 0 saturated carbocycles. The zero-order valence-electron chi connectivity index (χ0n) is 14.1. The third-order valence-electron chi connectivity index (χ3n) is 4.26. The molecule has 7 nitrogen and oxygen atoms in total. The maximum atomic E-state index is 12.6. The highest BCUT2D eigenvalue weighted by Gasteiger charge is 2.30. The van der Waals surface area contributed by atoms with E-state index < -0.39 is 0 Å². The molecule has 25 heavy (non-hydrogen) atoms. The van der Waals surface area contributed by atoms with Crippen LogP contribution in [0.25, 0.3) is 0 Å². The smallest absolute Gasteiger partial charge is 0.409 e. The third kappa shape index (κ3) is 3.89. The second kappa shape index (κ2) is 7.77. The number of carbonyl (C=O) groups is 3. The van der Waals surface area contributed by atoms with Crippen LogP contribution in [0.15, 0.2) is 29.2 Å². The average Bonchev–Trinajstić information content (AvgIpc) is 2.64. The minimum atomic E-state index is -0.341. The average molecular weight is 363 g/mol. The first-order valence-corrected chi connectivity index (χ1v) is 9.30. The Bertz CT molecular complexity index is 674. The summed E-state index contributed by atoms with van der Waals surface area (Å²) in [6.45, 7) is 3.95. The van der Waals surface area contributed by atoms with Crippen molar-refractivity contribution in [2.45, 2.75) is 11.8 Å². The van der Waals surface area contributed by atoms with E-state index >= 15 is 0 Å². The molecule has 2 aliphatic rings. The molecule has 0 aromatic heterocycles. The lowest BCUT2D eigenvalue weighted by molar-refractivity contribution is -0.132. The first-order valence-electron chi connectivity index (χ1n) is 8.32. The van der Waals surface area contributed by atoms with Gasteiger partial charge in [-0.05, 0) is 19.1 Å². The molecule has 3 rings (SSSR count). The predicted octanol–water partition coefficient (Wildman–Crippen LogP) is 1.43. The standard InChI is InChI=1S/C17H21N3O4S/c1-2-24-17(23)19-9-7-18(8-10-19)15(21)11-20-13-5-3-4-6-14(13)25-12-16(20)22/h3-6H,2,7-12H2,1H3. The van der Waals surface area contributed by atoms with Gasteiger partial charge in [0.2, 0.25) is 11.8 Å². The van der Waals surface area contributed by atoms with E-state index in [2.05, 4.69) is 0 Å². The second-order valence-electron chi connectivity index (χ2n) is 5.80. The van der Waals surface area contributed by atoms with Crippen LogP contribution in [0, 0.1) is 0 Å². The van der Waals surface area contributed by atoms with Crippen LogP contribution in [0.5, 0.6) is 0 Å². The number of hydrogen-bond acceptors (Lipinski definition) is 5. The minimum Gasteiger partial charge on any atom is -0.450 e. The van der Waals surface area contributed by atoms with Crippen molar-refractivity contribution in [3.8, 4) is 0 Å². The number of carbonyl (C=O) groups excluding carboxylic acids is 3. The first-order chi connectivity index (χ1) is 12.1. The molecule has 0 bridgehead atoms. The summed E-state index contributed by atoms with van der Waals surface area (Å²) in [6, 6.07) is 7.62. The summed E-state index contributed by atoms with van der Waals surface area (Å²) >= 11 is 1.50. The third-order valence-corrected chi connectivity index (χ3v) is 5.31. The highest BCUT2D eigenvalue weighted by Crippen LogP contribution is 2.34. The zero-order chi connectivity index (χ0) is 17.8. The number of para-hydroxylation sites is 1. The van der Waals surface area contributed by atoms with E-state index in [1.807, 2.05) is 24.3 Å². The van der Waals surface area contributed by atoms with Crippen LogP contribution in [-0.4, -0.2) is 72.8 Å². The van der Waals surface area contributed by atoms with E-state index in [9.17, 15) is 14.4 Å². The number of fused-ring (bicyclic) bond motifs is 1. The first kappa shape index (κ1) is 17.6. The molecule has 0 aliphatic carbocycles. The van der Waals surface area contributed by atoms with Crippen molar-refractivity contribution >= 4 is 35.4 Å².